The number of rotatable bonds is 2. The van der Waals surface area contributed by atoms with Crippen LogP contribution in [0.5, 0.6) is 0 Å². The van der Waals surface area contributed by atoms with Gasteiger partial charge in [-0.1, -0.05) is 24.1 Å². The molecule has 15 heavy (non-hydrogen) atoms. The molecule has 1 unspecified atom stereocenters. The van der Waals surface area contributed by atoms with Gasteiger partial charge in [0.05, 0.1) is 0 Å². The van der Waals surface area contributed by atoms with Gasteiger partial charge in [0.2, 0.25) is 0 Å². The molecule has 0 bridgehead atoms. The van der Waals surface area contributed by atoms with Crippen LogP contribution >= 0.6 is 0 Å². The third-order valence-electron chi connectivity index (χ3n) is 3.08. The van der Waals surface area contributed by atoms with Gasteiger partial charge in [-0.3, -0.25) is 0 Å². The summed E-state index contributed by atoms with van der Waals surface area (Å²) < 4.78 is 13.5. The van der Waals surface area contributed by atoms with Crippen LogP contribution in [-0.2, 0) is 6.42 Å². The first-order valence-electron chi connectivity index (χ1n) is 5.74. The van der Waals surface area contributed by atoms with Crippen molar-refractivity contribution in [3.05, 3.63) is 35.1 Å². The Morgan fingerprint density at radius 3 is 3.00 bits per heavy atom. The molecule has 1 heterocycles. The molecule has 82 valence electrons. The summed E-state index contributed by atoms with van der Waals surface area (Å²) >= 11 is 0. The third-order valence-corrected chi connectivity index (χ3v) is 3.08. The summed E-state index contributed by atoms with van der Waals surface area (Å²) in [5, 5.41) is 3.45. The first-order valence-corrected chi connectivity index (χ1v) is 5.74. The monoisotopic (exact) mass is 207 g/mol. The zero-order chi connectivity index (χ0) is 10.7. The summed E-state index contributed by atoms with van der Waals surface area (Å²) in [6, 6.07) is 5.83. The Labute approximate surface area is 90.7 Å². The zero-order valence-electron chi connectivity index (χ0n) is 9.22. The highest BCUT2D eigenvalue weighted by Crippen LogP contribution is 2.16. The van der Waals surface area contributed by atoms with E-state index in [1.54, 1.807) is 6.07 Å². The molecule has 1 N–H and O–H groups in total. The van der Waals surface area contributed by atoms with E-state index >= 15 is 0 Å². The Balaban J connectivity index is 2.05. The van der Waals surface area contributed by atoms with Crippen molar-refractivity contribution in [3.8, 4) is 0 Å². The SMILES string of the molecule is Cc1ccc(F)c(CC2CCCCN2)c1. The second-order valence-electron chi connectivity index (χ2n) is 4.45. The van der Waals surface area contributed by atoms with Gasteiger partial charge in [-0.05, 0) is 44.4 Å². The Kier molecular flexibility index (Phi) is 3.37. The largest absolute Gasteiger partial charge is 0.314 e. The fraction of sp³-hybridized carbons (Fsp3) is 0.538. The predicted molar refractivity (Wildman–Crippen MR) is 60.5 cm³/mol. The van der Waals surface area contributed by atoms with E-state index in [-0.39, 0.29) is 5.82 Å². The second kappa shape index (κ2) is 4.75. The molecule has 0 aromatic heterocycles. The minimum absolute atomic E-state index is 0.0621. The van der Waals surface area contributed by atoms with E-state index in [4.69, 9.17) is 0 Å². The van der Waals surface area contributed by atoms with Crippen LogP contribution < -0.4 is 5.32 Å². The highest BCUT2D eigenvalue weighted by Gasteiger charge is 2.14. The lowest BCUT2D eigenvalue weighted by atomic mass is 9.97. The minimum atomic E-state index is -0.0621. The number of piperidine rings is 1. The highest BCUT2D eigenvalue weighted by molar-refractivity contribution is 5.24. The first kappa shape index (κ1) is 10.6. The average Bonchev–Trinajstić information content (AvgIpc) is 2.25. The van der Waals surface area contributed by atoms with Gasteiger partial charge in [0.15, 0.2) is 0 Å². The van der Waals surface area contributed by atoms with Crippen LogP contribution in [0.4, 0.5) is 4.39 Å². The molecule has 1 atom stereocenters. The van der Waals surface area contributed by atoms with Crippen molar-refractivity contribution in [2.24, 2.45) is 0 Å². The summed E-state index contributed by atoms with van der Waals surface area (Å²) in [5.41, 5.74) is 2.00. The van der Waals surface area contributed by atoms with Crippen LogP contribution in [0.15, 0.2) is 18.2 Å². The number of hydrogen-bond donors (Lipinski definition) is 1. The molecule has 1 aromatic carbocycles. The lowest BCUT2D eigenvalue weighted by molar-refractivity contribution is 0.395. The van der Waals surface area contributed by atoms with E-state index in [1.807, 2.05) is 19.1 Å². The van der Waals surface area contributed by atoms with Crippen LogP contribution in [0.3, 0.4) is 0 Å². The van der Waals surface area contributed by atoms with Crippen LogP contribution in [0.1, 0.15) is 30.4 Å². The van der Waals surface area contributed by atoms with Crippen LogP contribution in [0.25, 0.3) is 0 Å². The van der Waals surface area contributed by atoms with Crippen LogP contribution in [0.2, 0.25) is 0 Å². The normalized spacial score (nSPS) is 21.6. The molecule has 0 saturated carbocycles. The van der Waals surface area contributed by atoms with Gasteiger partial charge in [-0.25, -0.2) is 4.39 Å². The van der Waals surface area contributed by atoms with E-state index in [9.17, 15) is 4.39 Å². The van der Waals surface area contributed by atoms with Crippen molar-refractivity contribution in [2.45, 2.75) is 38.6 Å². The van der Waals surface area contributed by atoms with Crippen molar-refractivity contribution >= 4 is 0 Å². The second-order valence-corrected chi connectivity index (χ2v) is 4.45. The first-order chi connectivity index (χ1) is 7.25. The molecule has 0 amide bonds. The van der Waals surface area contributed by atoms with Crippen LogP contribution in [0, 0.1) is 12.7 Å². The van der Waals surface area contributed by atoms with Crippen LogP contribution in [-0.4, -0.2) is 12.6 Å². The standard InChI is InChI=1S/C13H18FN/c1-10-5-6-13(14)11(8-10)9-12-4-2-3-7-15-12/h5-6,8,12,15H,2-4,7,9H2,1H3. The van der Waals surface area contributed by atoms with Crippen molar-refractivity contribution in [1.82, 2.24) is 5.32 Å². The zero-order valence-corrected chi connectivity index (χ0v) is 9.22. The van der Waals surface area contributed by atoms with Gasteiger partial charge in [0.1, 0.15) is 5.82 Å². The summed E-state index contributed by atoms with van der Waals surface area (Å²) in [7, 11) is 0. The Bertz CT molecular complexity index is 329. The average molecular weight is 207 g/mol. The maximum absolute atomic E-state index is 13.5. The molecule has 0 aliphatic carbocycles. The Morgan fingerprint density at radius 1 is 1.40 bits per heavy atom. The van der Waals surface area contributed by atoms with Gasteiger partial charge in [-0.15, -0.1) is 0 Å². The fourth-order valence-electron chi connectivity index (χ4n) is 2.22. The molecule has 2 rings (SSSR count). The summed E-state index contributed by atoms with van der Waals surface area (Å²) in [6.45, 7) is 3.09. The molecule has 1 nitrogen and oxygen atoms in total. The van der Waals surface area contributed by atoms with E-state index in [1.165, 1.54) is 19.3 Å². The predicted octanol–water partition coefficient (Wildman–Crippen LogP) is 2.82. The molecule has 1 saturated heterocycles. The molecular formula is C13H18FN. The molecule has 0 radical (unpaired) electrons. The van der Waals surface area contributed by atoms with E-state index in [2.05, 4.69) is 5.32 Å². The molecule has 1 aliphatic rings. The van der Waals surface area contributed by atoms with Gasteiger partial charge < -0.3 is 5.32 Å². The maximum Gasteiger partial charge on any atom is 0.126 e. The van der Waals surface area contributed by atoms with Crippen molar-refractivity contribution in [2.75, 3.05) is 6.54 Å². The number of benzene rings is 1. The number of halogens is 1. The fourth-order valence-corrected chi connectivity index (χ4v) is 2.22. The van der Waals surface area contributed by atoms with Gasteiger partial charge in [-0.2, -0.15) is 0 Å². The molecule has 1 fully saturated rings. The minimum Gasteiger partial charge on any atom is -0.314 e. The van der Waals surface area contributed by atoms with E-state index < -0.39 is 0 Å². The summed E-state index contributed by atoms with van der Waals surface area (Å²) in [5.74, 6) is -0.0621. The molecule has 0 spiro atoms. The smallest absolute Gasteiger partial charge is 0.126 e. The lowest BCUT2D eigenvalue weighted by Crippen LogP contribution is -2.35. The van der Waals surface area contributed by atoms with Gasteiger partial charge in [0, 0.05) is 6.04 Å². The molecular weight excluding hydrogens is 189 g/mol. The van der Waals surface area contributed by atoms with Gasteiger partial charge in [0.25, 0.3) is 0 Å². The molecule has 1 aliphatic heterocycles. The van der Waals surface area contributed by atoms with Crippen molar-refractivity contribution < 1.29 is 4.39 Å². The number of hydrogen-bond acceptors (Lipinski definition) is 1. The summed E-state index contributed by atoms with van der Waals surface area (Å²) in [4.78, 5) is 0. The highest BCUT2D eigenvalue weighted by atomic mass is 19.1. The van der Waals surface area contributed by atoms with Crippen molar-refractivity contribution in [1.29, 1.82) is 0 Å². The van der Waals surface area contributed by atoms with E-state index in [0.717, 1.165) is 24.1 Å². The number of aryl methyl sites for hydroxylation is 1. The molecule has 1 aromatic rings. The lowest BCUT2D eigenvalue weighted by Gasteiger charge is -2.23. The Hall–Kier alpha value is -0.890. The summed E-state index contributed by atoms with van der Waals surface area (Å²) in [6.07, 6.45) is 4.53. The van der Waals surface area contributed by atoms with Gasteiger partial charge >= 0.3 is 0 Å². The van der Waals surface area contributed by atoms with E-state index in [0.29, 0.717) is 6.04 Å². The van der Waals surface area contributed by atoms with Crippen molar-refractivity contribution in [3.63, 3.8) is 0 Å². The molecule has 2 heteroatoms. The number of nitrogens with one attached hydrogen (secondary N) is 1. The quantitative estimate of drug-likeness (QED) is 0.786. The maximum atomic E-state index is 13.5. The Morgan fingerprint density at radius 2 is 2.27 bits per heavy atom. The topological polar surface area (TPSA) is 12.0 Å². The third kappa shape index (κ3) is 2.78.